The molecule has 5 nitrogen and oxygen atoms in total. The number of rotatable bonds is 0. The molecule has 0 aromatic heterocycles. The number of carbonyl (C=O) groups excluding carboxylic acids is 1. The third-order valence-corrected chi connectivity index (χ3v) is 1.93. The third kappa shape index (κ3) is 0.893. The van der Waals surface area contributed by atoms with Crippen molar-refractivity contribution in [1.29, 1.82) is 0 Å². The molecule has 0 aromatic carbocycles. The van der Waals surface area contributed by atoms with Crippen molar-refractivity contribution in [2.24, 2.45) is 0 Å². The van der Waals surface area contributed by atoms with E-state index in [9.17, 15) is 4.79 Å². The molecule has 2 fully saturated rings. The van der Waals surface area contributed by atoms with Gasteiger partial charge < -0.3 is 19.7 Å². The highest BCUT2D eigenvalue weighted by Gasteiger charge is 2.48. The Morgan fingerprint density at radius 3 is 2.82 bits per heavy atom. The van der Waals surface area contributed by atoms with Gasteiger partial charge in [0.15, 0.2) is 18.2 Å². The largest absolute Gasteiger partial charge is 0.382 e. The molecule has 0 unspecified atom stereocenters. The van der Waals surface area contributed by atoms with Crippen molar-refractivity contribution in [3.05, 3.63) is 0 Å². The van der Waals surface area contributed by atoms with Gasteiger partial charge in [-0.1, -0.05) is 0 Å². The van der Waals surface area contributed by atoms with Gasteiger partial charge in [-0.25, -0.2) is 0 Å². The van der Waals surface area contributed by atoms with E-state index in [2.05, 4.69) is 0 Å². The molecule has 0 radical (unpaired) electrons. The lowest BCUT2D eigenvalue weighted by molar-refractivity contribution is -0.188. The van der Waals surface area contributed by atoms with E-state index in [1.807, 2.05) is 0 Å². The van der Waals surface area contributed by atoms with E-state index in [0.29, 0.717) is 0 Å². The van der Waals surface area contributed by atoms with Crippen LogP contribution in [0.2, 0.25) is 0 Å². The van der Waals surface area contributed by atoms with E-state index in [1.165, 1.54) is 0 Å². The first-order valence-electron chi connectivity index (χ1n) is 3.37. The van der Waals surface area contributed by atoms with Crippen molar-refractivity contribution < 1.29 is 24.5 Å². The average Bonchev–Trinajstić information content (AvgIpc) is 2.44. The van der Waals surface area contributed by atoms with Crippen LogP contribution in [0.15, 0.2) is 0 Å². The molecule has 2 aliphatic heterocycles. The smallest absolute Gasteiger partial charge is 0.197 e. The van der Waals surface area contributed by atoms with Crippen molar-refractivity contribution in [2.75, 3.05) is 6.61 Å². The Morgan fingerprint density at radius 1 is 1.36 bits per heavy atom. The Hall–Kier alpha value is -0.490. The van der Waals surface area contributed by atoms with Gasteiger partial charge in [0.1, 0.15) is 12.2 Å². The van der Waals surface area contributed by atoms with Crippen molar-refractivity contribution in [3.63, 3.8) is 0 Å². The molecule has 62 valence electrons. The van der Waals surface area contributed by atoms with Crippen LogP contribution in [0.4, 0.5) is 0 Å². The maximum atomic E-state index is 10.9. The van der Waals surface area contributed by atoms with Gasteiger partial charge in [0, 0.05) is 0 Å². The van der Waals surface area contributed by atoms with Crippen LogP contribution in [0.5, 0.6) is 0 Å². The van der Waals surface area contributed by atoms with Crippen LogP contribution < -0.4 is 0 Å². The molecule has 2 heterocycles. The van der Waals surface area contributed by atoms with Gasteiger partial charge in [0.25, 0.3) is 0 Å². The number of ether oxygens (including phenoxy) is 2. The van der Waals surface area contributed by atoms with Crippen LogP contribution in [0.25, 0.3) is 0 Å². The third-order valence-electron chi connectivity index (χ3n) is 1.93. The lowest BCUT2D eigenvalue weighted by Gasteiger charge is -2.25. The summed E-state index contributed by atoms with van der Waals surface area (Å²) in [5, 5.41) is 18.2. The van der Waals surface area contributed by atoms with Crippen molar-refractivity contribution in [3.8, 4) is 0 Å². The molecule has 0 aromatic rings. The Balaban J connectivity index is 2.23. The van der Waals surface area contributed by atoms with E-state index >= 15 is 0 Å². The second kappa shape index (κ2) is 2.25. The summed E-state index contributed by atoms with van der Waals surface area (Å²) >= 11 is 0. The molecule has 2 saturated heterocycles. The normalized spacial score (nSPS) is 49.8. The second-order valence-electron chi connectivity index (χ2n) is 2.67. The number of aliphatic hydroxyl groups is 2. The molecule has 2 aliphatic rings. The zero-order valence-corrected chi connectivity index (χ0v) is 5.64. The average molecular weight is 160 g/mol. The van der Waals surface area contributed by atoms with Crippen molar-refractivity contribution in [1.82, 2.24) is 0 Å². The molecular formula is C6H8O5. The van der Waals surface area contributed by atoms with E-state index in [-0.39, 0.29) is 6.61 Å². The second-order valence-corrected chi connectivity index (χ2v) is 2.67. The molecular weight excluding hydrogens is 152 g/mol. The monoisotopic (exact) mass is 160 g/mol. The number of fused-ring (bicyclic) bond motifs is 2. The Bertz CT molecular complexity index is 173. The summed E-state index contributed by atoms with van der Waals surface area (Å²) in [6.45, 7) is 0.175. The fourth-order valence-corrected chi connectivity index (χ4v) is 1.26. The zero-order chi connectivity index (χ0) is 8.01. The number of hydrogen-bond acceptors (Lipinski definition) is 5. The topological polar surface area (TPSA) is 76.0 Å². The quantitative estimate of drug-likeness (QED) is 0.430. The first kappa shape index (κ1) is 7.17. The number of Topliss-reactive ketones (excluding diaryl/α,β-unsaturated/α-hetero) is 1. The molecule has 0 spiro atoms. The van der Waals surface area contributed by atoms with Crippen LogP contribution in [0.3, 0.4) is 0 Å². The zero-order valence-electron chi connectivity index (χ0n) is 5.64. The fourth-order valence-electron chi connectivity index (χ4n) is 1.26. The molecule has 0 amide bonds. The molecule has 11 heavy (non-hydrogen) atoms. The number of carbonyl (C=O) groups is 1. The highest BCUT2D eigenvalue weighted by atomic mass is 16.7. The van der Waals surface area contributed by atoms with Crippen molar-refractivity contribution >= 4 is 5.78 Å². The van der Waals surface area contributed by atoms with Crippen molar-refractivity contribution in [2.45, 2.75) is 24.6 Å². The maximum absolute atomic E-state index is 10.9. The molecule has 2 bridgehead atoms. The molecule has 2 N–H and O–H groups in total. The number of hydrogen-bond donors (Lipinski definition) is 2. The minimum atomic E-state index is -1.33. The van der Waals surface area contributed by atoms with Gasteiger partial charge in [-0.05, 0) is 0 Å². The highest BCUT2D eigenvalue weighted by Crippen LogP contribution is 2.24. The van der Waals surface area contributed by atoms with E-state index in [4.69, 9.17) is 19.7 Å². The summed E-state index contributed by atoms with van der Waals surface area (Å²) in [5.41, 5.74) is 0. The molecule has 2 rings (SSSR count). The Kier molecular flexibility index (Phi) is 1.47. The summed E-state index contributed by atoms with van der Waals surface area (Å²) in [6, 6.07) is 0. The fraction of sp³-hybridized carbons (Fsp3) is 0.833. The molecule has 5 heteroatoms. The van der Waals surface area contributed by atoms with Gasteiger partial charge in [0.2, 0.25) is 0 Å². The summed E-state index contributed by atoms with van der Waals surface area (Å²) in [6.07, 6.45) is -4.01. The van der Waals surface area contributed by atoms with Gasteiger partial charge in [-0.2, -0.15) is 0 Å². The minimum Gasteiger partial charge on any atom is -0.382 e. The van der Waals surface area contributed by atoms with Gasteiger partial charge >= 0.3 is 0 Å². The minimum absolute atomic E-state index is 0.175. The van der Waals surface area contributed by atoms with Crippen LogP contribution >= 0.6 is 0 Å². The number of aliphatic hydroxyl groups excluding tert-OH is 2. The van der Waals surface area contributed by atoms with E-state index < -0.39 is 30.4 Å². The SMILES string of the molecule is O=C1[C@H](O)[C@@H]2OC[C@@H](O2)[C@H]1O. The predicted octanol–water partition coefficient (Wildman–Crippen LogP) is -1.97. The van der Waals surface area contributed by atoms with E-state index in [1.54, 1.807) is 0 Å². The van der Waals surface area contributed by atoms with Gasteiger partial charge in [-0.15, -0.1) is 0 Å². The predicted molar refractivity (Wildman–Crippen MR) is 31.6 cm³/mol. The molecule has 0 aliphatic carbocycles. The summed E-state index contributed by atoms with van der Waals surface area (Å²) in [5.74, 6) is -0.608. The summed E-state index contributed by atoms with van der Waals surface area (Å²) in [4.78, 5) is 10.9. The molecule has 0 saturated carbocycles. The first-order valence-corrected chi connectivity index (χ1v) is 3.37. The highest BCUT2D eigenvalue weighted by molar-refractivity contribution is 5.88. The number of ketones is 1. The van der Waals surface area contributed by atoms with Crippen LogP contribution in [0, 0.1) is 0 Å². The first-order chi connectivity index (χ1) is 5.20. The van der Waals surface area contributed by atoms with E-state index in [0.717, 1.165) is 0 Å². The summed E-state index contributed by atoms with van der Waals surface area (Å²) < 4.78 is 9.83. The van der Waals surface area contributed by atoms with Gasteiger partial charge in [0.05, 0.1) is 6.61 Å². The lowest BCUT2D eigenvalue weighted by Crippen LogP contribution is -2.50. The lowest BCUT2D eigenvalue weighted by atomic mass is 10.0. The Labute approximate surface area is 62.5 Å². The maximum Gasteiger partial charge on any atom is 0.197 e. The van der Waals surface area contributed by atoms with Gasteiger partial charge in [-0.3, -0.25) is 4.79 Å². The standard InChI is InChI=1S/C6H8O5/c7-3-2-1-10-6(11-2)5(9)4(3)8/h2-3,5-7,9H,1H2/t2-,3-,5+,6-/m1/s1. The van der Waals surface area contributed by atoms with Crippen LogP contribution in [-0.4, -0.2) is 47.2 Å². The molecule has 4 atom stereocenters. The summed E-state index contributed by atoms with van der Waals surface area (Å²) in [7, 11) is 0. The Morgan fingerprint density at radius 2 is 2.09 bits per heavy atom. The van der Waals surface area contributed by atoms with Crippen LogP contribution in [0.1, 0.15) is 0 Å². The van der Waals surface area contributed by atoms with Crippen LogP contribution in [-0.2, 0) is 14.3 Å².